The van der Waals surface area contributed by atoms with Crippen molar-refractivity contribution in [2.45, 2.75) is 12.0 Å². The van der Waals surface area contributed by atoms with Gasteiger partial charge in [-0.2, -0.15) is 0 Å². The number of carbonyl (C=O) groups excluding carboxylic acids is 1. The highest BCUT2D eigenvalue weighted by atomic mass is 16.6. The summed E-state index contributed by atoms with van der Waals surface area (Å²) in [4.78, 5) is 26.3. The van der Waals surface area contributed by atoms with E-state index in [-0.39, 0.29) is 0 Å². The van der Waals surface area contributed by atoms with Gasteiger partial charge in [0.05, 0.1) is 13.0 Å². The fourth-order valence-corrected chi connectivity index (χ4v) is 3.01. The van der Waals surface area contributed by atoms with Gasteiger partial charge in [-0.1, -0.05) is 48.5 Å². The van der Waals surface area contributed by atoms with Gasteiger partial charge in [0, 0.05) is 22.0 Å². The molecule has 2 atom stereocenters. The lowest BCUT2D eigenvalue weighted by atomic mass is 9.85. The molecule has 0 fully saturated rings. The smallest absolute Gasteiger partial charge is 0.382 e. The number of benzene rings is 2. The van der Waals surface area contributed by atoms with Gasteiger partial charge in [-0.3, -0.25) is 10.1 Å². The summed E-state index contributed by atoms with van der Waals surface area (Å²) in [5.41, 5.74) is 2.25. The summed E-state index contributed by atoms with van der Waals surface area (Å²) in [6.45, 7) is 0. The summed E-state index contributed by atoms with van der Waals surface area (Å²) >= 11 is 0. The van der Waals surface area contributed by atoms with Crippen molar-refractivity contribution in [2.24, 2.45) is 0 Å². The number of carbonyl (C=O) groups is 1. The Balaban J connectivity index is 2.22. The number of hydrogen-bond acceptors (Lipinski definition) is 4. The fourth-order valence-electron chi connectivity index (χ4n) is 3.01. The Morgan fingerprint density at radius 3 is 2.46 bits per heavy atom. The van der Waals surface area contributed by atoms with Gasteiger partial charge in [0.15, 0.2) is 0 Å². The Labute approximate surface area is 138 Å². The van der Waals surface area contributed by atoms with Crippen LogP contribution in [0.1, 0.15) is 17.0 Å². The van der Waals surface area contributed by atoms with Crippen molar-refractivity contribution in [1.29, 1.82) is 0 Å². The van der Waals surface area contributed by atoms with E-state index in [1.54, 1.807) is 30.5 Å². The third-order valence-corrected chi connectivity index (χ3v) is 4.10. The van der Waals surface area contributed by atoms with Crippen LogP contribution in [0, 0.1) is 10.1 Å². The minimum absolute atomic E-state index is 0.578. The minimum Gasteiger partial charge on any atom is -0.464 e. The summed E-state index contributed by atoms with van der Waals surface area (Å²) in [6, 6.07) is 15.0. The van der Waals surface area contributed by atoms with Crippen LogP contribution in [0.3, 0.4) is 0 Å². The molecule has 0 saturated heterocycles. The number of fused-ring (bicyclic) bond motifs is 1. The molecule has 0 saturated carbocycles. The Kier molecular flexibility index (Phi) is 4.29. The van der Waals surface area contributed by atoms with Crippen molar-refractivity contribution >= 4 is 16.9 Å². The average molecular weight is 324 g/mol. The molecule has 0 spiro atoms. The second-order valence-electron chi connectivity index (χ2n) is 5.43. The zero-order valence-corrected chi connectivity index (χ0v) is 13.0. The van der Waals surface area contributed by atoms with Crippen LogP contribution in [-0.4, -0.2) is 29.0 Å². The average Bonchev–Trinajstić information content (AvgIpc) is 3.03. The summed E-state index contributed by atoms with van der Waals surface area (Å²) in [5, 5.41) is 12.5. The zero-order chi connectivity index (χ0) is 17.1. The van der Waals surface area contributed by atoms with Gasteiger partial charge in [0.25, 0.3) is 0 Å². The first kappa shape index (κ1) is 15.7. The molecule has 2 aromatic carbocycles. The van der Waals surface area contributed by atoms with Gasteiger partial charge in [-0.05, 0) is 17.2 Å². The van der Waals surface area contributed by atoms with Crippen molar-refractivity contribution in [2.75, 3.05) is 7.11 Å². The fraction of sp³-hybridized carbons (Fsp3) is 0.167. The van der Waals surface area contributed by atoms with Crippen molar-refractivity contribution in [1.82, 2.24) is 4.98 Å². The lowest BCUT2D eigenvalue weighted by Gasteiger charge is -2.19. The predicted octanol–water partition coefficient (Wildman–Crippen LogP) is 3.12. The first-order valence-electron chi connectivity index (χ1n) is 7.45. The highest BCUT2D eigenvalue weighted by Crippen LogP contribution is 2.34. The molecule has 6 heteroatoms. The number of nitrogens with zero attached hydrogens (tertiary/aromatic N) is 1. The molecular formula is C18H16N2O4. The molecular weight excluding hydrogens is 308 g/mol. The van der Waals surface area contributed by atoms with E-state index in [9.17, 15) is 14.9 Å². The molecule has 3 aromatic rings. The standard InChI is InChI=1S/C18H16N2O4/c1-24-18(21)17(20(22)23)16(12-7-3-2-4-8-12)14-11-19-15-10-6-5-9-13(14)15/h2-11,16-17,19H,1H3/t16-,17+/m1/s1. The number of H-pyrrole nitrogens is 1. The number of hydrogen-bond donors (Lipinski definition) is 1. The second kappa shape index (κ2) is 6.54. The maximum absolute atomic E-state index is 12.1. The van der Waals surface area contributed by atoms with Gasteiger partial charge in [-0.15, -0.1) is 0 Å². The summed E-state index contributed by atoms with van der Waals surface area (Å²) in [6.07, 6.45) is 1.72. The maximum atomic E-state index is 12.1. The third kappa shape index (κ3) is 2.74. The van der Waals surface area contributed by atoms with Crippen molar-refractivity contribution in [3.63, 3.8) is 0 Å². The first-order valence-corrected chi connectivity index (χ1v) is 7.45. The number of nitro groups is 1. The van der Waals surface area contributed by atoms with Gasteiger partial charge in [-0.25, -0.2) is 4.79 Å². The molecule has 1 aromatic heterocycles. The molecule has 0 amide bonds. The van der Waals surface area contributed by atoms with Crippen molar-refractivity contribution < 1.29 is 14.5 Å². The maximum Gasteiger partial charge on any atom is 0.382 e. The van der Waals surface area contributed by atoms with Gasteiger partial charge in [0.2, 0.25) is 0 Å². The van der Waals surface area contributed by atoms with E-state index in [1.165, 1.54) is 0 Å². The molecule has 122 valence electrons. The summed E-state index contributed by atoms with van der Waals surface area (Å²) in [5.74, 6) is -1.61. The van der Waals surface area contributed by atoms with E-state index in [0.717, 1.165) is 18.0 Å². The highest BCUT2D eigenvalue weighted by Gasteiger charge is 2.42. The van der Waals surface area contributed by atoms with E-state index in [1.807, 2.05) is 30.3 Å². The van der Waals surface area contributed by atoms with Gasteiger partial charge < -0.3 is 9.72 Å². The Bertz CT molecular complexity index is 873. The SMILES string of the molecule is COC(=O)[C@H]([C@H](c1ccccc1)c1c[nH]c2ccccc12)[N+](=O)[O-]. The Hall–Kier alpha value is -3.15. The number of rotatable bonds is 5. The second-order valence-corrected chi connectivity index (χ2v) is 5.43. The molecule has 1 heterocycles. The van der Waals surface area contributed by atoms with Crippen LogP contribution in [0.5, 0.6) is 0 Å². The van der Waals surface area contributed by atoms with Gasteiger partial charge in [0.1, 0.15) is 0 Å². The molecule has 0 aliphatic heterocycles. The lowest BCUT2D eigenvalue weighted by molar-refractivity contribution is -0.512. The summed E-state index contributed by atoms with van der Waals surface area (Å²) < 4.78 is 4.70. The van der Waals surface area contributed by atoms with Crippen LogP contribution in [0.4, 0.5) is 0 Å². The van der Waals surface area contributed by atoms with E-state index < -0.39 is 22.9 Å². The van der Waals surface area contributed by atoms with E-state index in [4.69, 9.17) is 4.74 Å². The van der Waals surface area contributed by atoms with Crippen LogP contribution < -0.4 is 0 Å². The first-order chi connectivity index (χ1) is 11.6. The molecule has 6 nitrogen and oxygen atoms in total. The van der Waals surface area contributed by atoms with E-state index in [0.29, 0.717) is 11.1 Å². The molecule has 0 radical (unpaired) electrons. The minimum atomic E-state index is -1.52. The Morgan fingerprint density at radius 1 is 1.12 bits per heavy atom. The number of methoxy groups -OCH3 is 1. The molecule has 0 aliphatic rings. The normalized spacial score (nSPS) is 13.4. The van der Waals surface area contributed by atoms with Gasteiger partial charge >= 0.3 is 12.0 Å². The lowest BCUT2D eigenvalue weighted by Crippen LogP contribution is -2.37. The van der Waals surface area contributed by atoms with E-state index in [2.05, 4.69) is 4.98 Å². The molecule has 24 heavy (non-hydrogen) atoms. The quantitative estimate of drug-likeness (QED) is 0.444. The number of aromatic amines is 1. The van der Waals surface area contributed by atoms with Crippen LogP contribution >= 0.6 is 0 Å². The zero-order valence-electron chi connectivity index (χ0n) is 13.0. The number of esters is 1. The number of ether oxygens (including phenoxy) is 1. The van der Waals surface area contributed by atoms with Crippen LogP contribution in [0.25, 0.3) is 10.9 Å². The topological polar surface area (TPSA) is 85.2 Å². The molecule has 0 aliphatic carbocycles. The monoisotopic (exact) mass is 324 g/mol. The number of nitrogens with one attached hydrogen (secondary N) is 1. The molecule has 1 N–H and O–H groups in total. The molecule has 0 bridgehead atoms. The molecule has 3 rings (SSSR count). The van der Waals surface area contributed by atoms with Crippen LogP contribution in [0.2, 0.25) is 0 Å². The van der Waals surface area contributed by atoms with Crippen molar-refractivity contribution in [3.8, 4) is 0 Å². The third-order valence-electron chi connectivity index (χ3n) is 4.10. The van der Waals surface area contributed by atoms with Crippen LogP contribution in [0.15, 0.2) is 60.8 Å². The highest BCUT2D eigenvalue weighted by molar-refractivity contribution is 5.86. The van der Waals surface area contributed by atoms with E-state index >= 15 is 0 Å². The largest absolute Gasteiger partial charge is 0.464 e. The number of para-hydroxylation sites is 1. The van der Waals surface area contributed by atoms with Crippen LogP contribution in [-0.2, 0) is 9.53 Å². The number of aromatic nitrogens is 1. The predicted molar refractivity (Wildman–Crippen MR) is 89.4 cm³/mol. The molecule has 0 unspecified atom stereocenters. The van der Waals surface area contributed by atoms with Crippen molar-refractivity contribution in [3.05, 3.63) is 82.0 Å². The Morgan fingerprint density at radius 2 is 1.79 bits per heavy atom. The summed E-state index contributed by atoms with van der Waals surface area (Å²) in [7, 11) is 1.16.